The van der Waals surface area contributed by atoms with Crippen molar-refractivity contribution in [2.24, 2.45) is 0 Å². The summed E-state index contributed by atoms with van der Waals surface area (Å²) < 4.78 is 13.4. The number of nitrogens with zero attached hydrogens (tertiary/aromatic N) is 2. The van der Waals surface area contributed by atoms with E-state index in [1.54, 1.807) is 18.0 Å². The maximum absolute atomic E-state index is 13.4. The number of likely N-dealkylation sites (N-methyl/N-ethyl adjacent to an activating group) is 1. The molecule has 0 unspecified atom stereocenters. The first-order valence-electron chi connectivity index (χ1n) is 10.8. The number of benzene rings is 2. The lowest BCUT2D eigenvalue weighted by molar-refractivity contribution is -0.130. The smallest absolute Gasteiger partial charge is 0.222 e. The summed E-state index contributed by atoms with van der Waals surface area (Å²) in [6, 6.07) is 12.0. The molecule has 2 aromatic carbocycles. The molecule has 1 fully saturated rings. The Morgan fingerprint density at radius 1 is 1.25 bits per heavy atom. The molecule has 2 amide bonds. The molecule has 168 valence electrons. The summed E-state index contributed by atoms with van der Waals surface area (Å²) in [6.45, 7) is 0.498. The number of rotatable bonds is 8. The fourth-order valence-corrected chi connectivity index (χ4v) is 4.39. The summed E-state index contributed by atoms with van der Waals surface area (Å²) in [4.78, 5) is 34.0. The largest absolute Gasteiger partial charge is 0.350 e. The van der Waals surface area contributed by atoms with Crippen LogP contribution in [0.15, 0.2) is 42.5 Å². The van der Waals surface area contributed by atoms with Gasteiger partial charge in [-0.2, -0.15) is 0 Å². The van der Waals surface area contributed by atoms with Crippen LogP contribution in [0.1, 0.15) is 37.1 Å². The van der Waals surface area contributed by atoms with Gasteiger partial charge in [0.05, 0.1) is 11.0 Å². The molecule has 0 saturated carbocycles. The first-order chi connectivity index (χ1) is 15.3. The quantitative estimate of drug-likeness (QED) is 0.537. The molecule has 1 aliphatic rings. The molecule has 0 spiro atoms. The van der Waals surface area contributed by atoms with E-state index in [0.717, 1.165) is 5.56 Å². The number of nitrogens with one attached hydrogen (secondary N) is 2. The normalized spacial score (nSPS) is 18.2. The summed E-state index contributed by atoms with van der Waals surface area (Å²) in [5.41, 5.74) is 2.02. The molecule has 0 aliphatic carbocycles. The Labute approximate surface area is 191 Å². The van der Waals surface area contributed by atoms with Crippen LogP contribution in [0.3, 0.4) is 0 Å². The van der Waals surface area contributed by atoms with Crippen LogP contribution in [-0.4, -0.2) is 45.8 Å². The van der Waals surface area contributed by atoms with Crippen molar-refractivity contribution >= 4 is 34.4 Å². The Morgan fingerprint density at radius 2 is 2.03 bits per heavy atom. The number of aromatic nitrogens is 2. The van der Waals surface area contributed by atoms with E-state index in [-0.39, 0.29) is 17.6 Å². The van der Waals surface area contributed by atoms with Crippen LogP contribution in [0.4, 0.5) is 4.39 Å². The van der Waals surface area contributed by atoms with Gasteiger partial charge >= 0.3 is 0 Å². The van der Waals surface area contributed by atoms with Crippen LogP contribution < -0.4 is 5.32 Å². The minimum Gasteiger partial charge on any atom is -0.350 e. The predicted molar refractivity (Wildman–Crippen MR) is 122 cm³/mol. The Balaban J connectivity index is 1.33. The highest BCUT2D eigenvalue weighted by atomic mass is 35.5. The summed E-state index contributed by atoms with van der Waals surface area (Å²) in [5, 5.41) is 3.78. The Kier molecular flexibility index (Phi) is 6.46. The van der Waals surface area contributed by atoms with Crippen LogP contribution in [-0.2, 0) is 22.4 Å². The van der Waals surface area contributed by atoms with Gasteiger partial charge in [-0.25, -0.2) is 9.37 Å². The number of halogens is 2. The Bertz CT molecular complexity index is 1130. The molecule has 1 aliphatic heterocycles. The van der Waals surface area contributed by atoms with Gasteiger partial charge in [-0.3, -0.25) is 9.59 Å². The number of H-pyrrole nitrogens is 1. The number of fused-ring (bicyclic) bond motifs is 1. The molecule has 1 saturated heterocycles. The zero-order chi connectivity index (χ0) is 22.7. The van der Waals surface area contributed by atoms with E-state index in [1.807, 2.05) is 24.3 Å². The molecule has 3 aromatic rings. The Hall–Kier alpha value is -2.93. The van der Waals surface area contributed by atoms with Crippen LogP contribution >= 0.6 is 11.6 Å². The van der Waals surface area contributed by atoms with Crippen LogP contribution in [0.2, 0.25) is 5.02 Å². The van der Waals surface area contributed by atoms with Crippen molar-refractivity contribution < 1.29 is 14.0 Å². The maximum atomic E-state index is 13.4. The van der Waals surface area contributed by atoms with Gasteiger partial charge in [-0.05, 0) is 55.2 Å². The van der Waals surface area contributed by atoms with Crippen molar-refractivity contribution in [1.82, 2.24) is 20.2 Å². The lowest BCUT2D eigenvalue weighted by atomic mass is 9.85. The summed E-state index contributed by atoms with van der Waals surface area (Å²) in [5.74, 6) is 0.448. The standard InChI is InChI=1S/C24H26ClFN4O2/c1-30(13-10-21-27-19-7-6-18(26)14-20(19)28-21)23(32)9-12-24(11-8-22(31)29-24)15-16-2-4-17(25)5-3-16/h2-7,14H,8-13,15H2,1H3,(H,27,28)(H,29,31)/t24-/m0/s1. The van der Waals surface area contributed by atoms with Crippen molar-refractivity contribution in [2.75, 3.05) is 13.6 Å². The first-order valence-corrected chi connectivity index (χ1v) is 11.1. The molecule has 1 aromatic heterocycles. The highest BCUT2D eigenvalue weighted by Crippen LogP contribution is 2.30. The number of aromatic amines is 1. The number of hydrogen-bond acceptors (Lipinski definition) is 3. The highest BCUT2D eigenvalue weighted by Gasteiger charge is 2.38. The second-order valence-corrected chi connectivity index (χ2v) is 8.98. The number of amides is 2. The van der Waals surface area contributed by atoms with Crippen molar-refractivity contribution in [3.63, 3.8) is 0 Å². The lowest BCUT2D eigenvalue weighted by Crippen LogP contribution is -2.44. The molecule has 6 nitrogen and oxygen atoms in total. The van der Waals surface area contributed by atoms with Gasteiger partial charge in [-0.1, -0.05) is 23.7 Å². The van der Waals surface area contributed by atoms with E-state index >= 15 is 0 Å². The molecule has 2 heterocycles. The average Bonchev–Trinajstić information content (AvgIpc) is 3.34. The SMILES string of the molecule is CN(CCc1nc2ccc(F)cc2[nH]1)C(=O)CC[C@]1(Cc2ccc(Cl)cc2)CCC(=O)N1. The van der Waals surface area contributed by atoms with Gasteiger partial charge in [0, 0.05) is 43.4 Å². The van der Waals surface area contributed by atoms with Gasteiger partial charge in [0.2, 0.25) is 11.8 Å². The minimum atomic E-state index is -0.412. The first kappa shape index (κ1) is 22.3. The fraction of sp³-hybridized carbons (Fsp3) is 0.375. The van der Waals surface area contributed by atoms with Gasteiger partial charge in [0.15, 0.2) is 0 Å². The zero-order valence-electron chi connectivity index (χ0n) is 18.0. The lowest BCUT2D eigenvalue weighted by Gasteiger charge is -2.30. The molecule has 0 radical (unpaired) electrons. The molecule has 0 bridgehead atoms. The summed E-state index contributed by atoms with van der Waals surface area (Å²) >= 11 is 5.98. The zero-order valence-corrected chi connectivity index (χ0v) is 18.7. The molecular formula is C24H26ClFN4O2. The molecule has 2 N–H and O–H groups in total. The third-order valence-corrected chi connectivity index (χ3v) is 6.36. The number of imidazole rings is 1. The predicted octanol–water partition coefficient (Wildman–Crippen LogP) is 4.03. The van der Waals surface area contributed by atoms with Crippen LogP contribution in [0.5, 0.6) is 0 Å². The van der Waals surface area contributed by atoms with Gasteiger partial charge < -0.3 is 15.2 Å². The highest BCUT2D eigenvalue weighted by molar-refractivity contribution is 6.30. The van der Waals surface area contributed by atoms with Crippen LogP contribution in [0, 0.1) is 5.82 Å². The van der Waals surface area contributed by atoms with E-state index in [9.17, 15) is 14.0 Å². The fourth-order valence-electron chi connectivity index (χ4n) is 4.26. The van der Waals surface area contributed by atoms with Crippen molar-refractivity contribution in [3.8, 4) is 0 Å². The van der Waals surface area contributed by atoms with Crippen molar-refractivity contribution in [1.29, 1.82) is 0 Å². The van der Waals surface area contributed by atoms with E-state index in [0.29, 0.717) is 67.0 Å². The molecule has 32 heavy (non-hydrogen) atoms. The van der Waals surface area contributed by atoms with Crippen LogP contribution in [0.25, 0.3) is 11.0 Å². The van der Waals surface area contributed by atoms with E-state index in [4.69, 9.17) is 11.6 Å². The summed E-state index contributed by atoms with van der Waals surface area (Å²) in [6.07, 6.45) is 3.32. The van der Waals surface area contributed by atoms with E-state index < -0.39 is 5.54 Å². The average molecular weight is 457 g/mol. The molecular weight excluding hydrogens is 431 g/mol. The maximum Gasteiger partial charge on any atom is 0.222 e. The third-order valence-electron chi connectivity index (χ3n) is 6.11. The Morgan fingerprint density at radius 3 is 2.75 bits per heavy atom. The van der Waals surface area contributed by atoms with Gasteiger partial charge in [0.25, 0.3) is 0 Å². The molecule has 8 heteroatoms. The summed E-state index contributed by atoms with van der Waals surface area (Å²) in [7, 11) is 1.77. The minimum absolute atomic E-state index is 0.0174. The second-order valence-electron chi connectivity index (χ2n) is 8.54. The van der Waals surface area contributed by atoms with Crippen molar-refractivity contribution in [2.45, 2.75) is 44.1 Å². The third kappa shape index (κ3) is 5.27. The topological polar surface area (TPSA) is 78.1 Å². The number of hydrogen-bond donors (Lipinski definition) is 2. The van der Waals surface area contributed by atoms with Gasteiger partial charge in [-0.15, -0.1) is 0 Å². The van der Waals surface area contributed by atoms with E-state index in [1.165, 1.54) is 12.1 Å². The van der Waals surface area contributed by atoms with Gasteiger partial charge in [0.1, 0.15) is 11.6 Å². The van der Waals surface area contributed by atoms with E-state index in [2.05, 4.69) is 15.3 Å². The van der Waals surface area contributed by atoms with Crippen molar-refractivity contribution in [3.05, 3.63) is 64.7 Å². The number of carbonyl (C=O) groups excluding carboxylic acids is 2. The second kappa shape index (κ2) is 9.28. The monoisotopic (exact) mass is 456 g/mol. The number of carbonyl (C=O) groups is 2. The molecule has 1 atom stereocenters. The molecule has 4 rings (SSSR count).